The van der Waals surface area contributed by atoms with Crippen molar-refractivity contribution in [2.75, 3.05) is 0 Å². The monoisotopic (exact) mass is 336 g/mol. The van der Waals surface area contributed by atoms with Gasteiger partial charge in [0.2, 0.25) is 0 Å². The quantitative estimate of drug-likeness (QED) is 0.720. The van der Waals surface area contributed by atoms with Gasteiger partial charge in [-0.25, -0.2) is 4.98 Å². The van der Waals surface area contributed by atoms with E-state index in [0.29, 0.717) is 11.7 Å². The number of fused-ring (bicyclic) bond motifs is 3. The third-order valence-electron chi connectivity index (χ3n) is 5.61. The summed E-state index contributed by atoms with van der Waals surface area (Å²) in [5.41, 5.74) is 2.32. The van der Waals surface area contributed by atoms with Crippen LogP contribution in [0.15, 0.2) is 36.8 Å². The number of carbonyl (C=O) groups is 1. The molecule has 3 aromatic heterocycles. The SMILES string of the molecule is Cc1nc2ccccn2c1C(=O)N1C2CCC1CC(n1nccn1)C2. The molecule has 3 aromatic rings. The summed E-state index contributed by atoms with van der Waals surface area (Å²) < 4.78 is 1.91. The topological polar surface area (TPSA) is 68.3 Å². The van der Waals surface area contributed by atoms with Crippen LogP contribution in [0, 0.1) is 6.92 Å². The van der Waals surface area contributed by atoms with Crippen molar-refractivity contribution in [3.63, 3.8) is 0 Å². The van der Waals surface area contributed by atoms with Crippen molar-refractivity contribution < 1.29 is 4.79 Å². The van der Waals surface area contributed by atoms with Crippen LogP contribution in [0.5, 0.6) is 0 Å². The fourth-order valence-corrected chi connectivity index (χ4v) is 4.58. The van der Waals surface area contributed by atoms with Gasteiger partial charge in [-0.1, -0.05) is 6.07 Å². The third-order valence-corrected chi connectivity index (χ3v) is 5.61. The predicted octanol–water partition coefficient (Wildman–Crippen LogP) is 2.24. The molecule has 2 aliphatic rings. The number of hydrogen-bond donors (Lipinski definition) is 0. The molecule has 0 radical (unpaired) electrons. The molecule has 128 valence electrons. The van der Waals surface area contributed by atoms with E-state index in [0.717, 1.165) is 37.0 Å². The number of piperidine rings is 1. The van der Waals surface area contributed by atoms with Crippen LogP contribution in [0.2, 0.25) is 0 Å². The highest BCUT2D eigenvalue weighted by molar-refractivity contribution is 5.95. The van der Waals surface area contributed by atoms with Crippen molar-refractivity contribution in [1.82, 2.24) is 29.3 Å². The standard InChI is InChI=1S/C18H20N6O/c1-12-17(22-9-3-2-4-16(22)21-12)18(25)23-13-5-6-14(23)11-15(10-13)24-19-7-8-20-24/h2-4,7-9,13-15H,5-6,10-11H2,1H3. The van der Waals surface area contributed by atoms with Gasteiger partial charge in [-0.15, -0.1) is 0 Å². The number of imidazole rings is 1. The minimum absolute atomic E-state index is 0.107. The molecule has 7 nitrogen and oxygen atoms in total. The average Bonchev–Trinajstić information content (AvgIpc) is 3.31. The van der Waals surface area contributed by atoms with E-state index in [4.69, 9.17) is 0 Å². The Labute approximate surface area is 145 Å². The summed E-state index contributed by atoms with van der Waals surface area (Å²) in [5, 5.41) is 8.60. The first-order valence-corrected chi connectivity index (χ1v) is 8.84. The van der Waals surface area contributed by atoms with Crippen LogP contribution in [0.1, 0.15) is 47.9 Å². The molecular formula is C18H20N6O. The normalized spacial score (nSPS) is 25.6. The van der Waals surface area contributed by atoms with Gasteiger partial charge in [0.1, 0.15) is 11.3 Å². The Kier molecular flexibility index (Phi) is 3.16. The zero-order valence-corrected chi connectivity index (χ0v) is 14.1. The molecule has 0 aromatic carbocycles. The molecule has 0 aliphatic carbocycles. The van der Waals surface area contributed by atoms with Gasteiger partial charge in [-0.2, -0.15) is 15.0 Å². The van der Waals surface area contributed by atoms with Crippen LogP contribution in [0.4, 0.5) is 0 Å². The largest absolute Gasteiger partial charge is 0.331 e. The zero-order chi connectivity index (χ0) is 17.0. The number of amides is 1. The lowest BCUT2D eigenvalue weighted by atomic mass is 9.97. The highest BCUT2D eigenvalue weighted by atomic mass is 16.2. The average molecular weight is 336 g/mol. The molecule has 2 bridgehead atoms. The van der Waals surface area contributed by atoms with Crippen LogP contribution in [-0.2, 0) is 0 Å². The lowest BCUT2D eigenvalue weighted by Crippen LogP contribution is -2.47. The Morgan fingerprint density at radius 1 is 1.08 bits per heavy atom. The maximum atomic E-state index is 13.4. The van der Waals surface area contributed by atoms with Gasteiger partial charge in [-0.05, 0) is 44.7 Å². The van der Waals surface area contributed by atoms with Gasteiger partial charge in [0.25, 0.3) is 5.91 Å². The third kappa shape index (κ3) is 2.18. The second-order valence-electron chi connectivity index (χ2n) is 7.05. The Balaban J connectivity index is 1.48. The van der Waals surface area contributed by atoms with Crippen molar-refractivity contribution in [3.05, 3.63) is 48.2 Å². The van der Waals surface area contributed by atoms with Gasteiger partial charge in [0.05, 0.1) is 24.1 Å². The van der Waals surface area contributed by atoms with Crippen LogP contribution in [0.25, 0.3) is 5.65 Å². The van der Waals surface area contributed by atoms with Crippen molar-refractivity contribution >= 4 is 11.6 Å². The molecule has 0 N–H and O–H groups in total. The van der Waals surface area contributed by atoms with E-state index >= 15 is 0 Å². The Hall–Kier alpha value is -2.70. The first-order chi connectivity index (χ1) is 12.2. The highest BCUT2D eigenvalue weighted by Gasteiger charge is 2.45. The minimum Gasteiger partial charge on any atom is -0.331 e. The predicted molar refractivity (Wildman–Crippen MR) is 91.2 cm³/mol. The smallest absolute Gasteiger partial charge is 0.273 e. The fourth-order valence-electron chi connectivity index (χ4n) is 4.58. The van der Waals surface area contributed by atoms with Gasteiger partial charge in [-0.3, -0.25) is 9.20 Å². The van der Waals surface area contributed by atoms with Gasteiger partial charge >= 0.3 is 0 Å². The van der Waals surface area contributed by atoms with Crippen molar-refractivity contribution in [3.8, 4) is 0 Å². The van der Waals surface area contributed by atoms with Crippen LogP contribution in [-0.4, -0.2) is 47.3 Å². The molecular weight excluding hydrogens is 316 g/mol. The zero-order valence-electron chi connectivity index (χ0n) is 14.1. The summed E-state index contributed by atoms with van der Waals surface area (Å²) in [6.07, 6.45) is 9.33. The molecule has 5 heterocycles. The number of rotatable bonds is 2. The number of nitrogens with zero attached hydrogens (tertiary/aromatic N) is 6. The summed E-state index contributed by atoms with van der Waals surface area (Å²) in [7, 11) is 0. The van der Waals surface area contributed by atoms with E-state index in [1.807, 2.05) is 40.5 Å². The number of aromatic nitrogens is 5. The molecule has 2 fully saturated rings. The maximum absolute atomic E-state index is 13.4. The summed E-state index contributed by atoms with van der Waals surface area (Å²) in [6.45, 7) is 1.92. The molecule has 1 amide bonds. The van der Waals surface area contributed by atoms with Crippen molar-refractivity contribution in [1.29, 1.82) is 0 Å². The van der Waals surface area contributed by atoms with E-state index in [-0.39, 0.29) is 18.0 Å². The van der Waals surface area contributed by atoms with Crippen molar-refractivity contribution in [2.45, 2.75) is 50.7 Å². The summed E-state index contributed by atoms with van der Waals surface area (Å²) >= 11 is 0. The van der Waals surface area contributed by atoms with Gasteiger partial charge in [0, 0.05) is 18.3 Å². The molecule has 2 saturated heterocycles. The number of hydrogen-bond acceptors (Lipinski definition) is 4. The minimum atomic E-state index is 0.107. The first kappa shape index (κ1) is 14.6. The molecule has 0 spiro atoms. The summed E-state index contributed by atoms with van der Waals surface area (Å²) in [5.74, 6) is 0.107. The second-order valence-corrected chi connectivity index (χ2v) is 7.05. The van der Waals surface area contributed by atoms with Gasteiger partial charge < -0.3 is 4.90 Å². The van der Waals surface area contributed by atoms with E-state index < -0.39 is 0 Å². The summed E-state index contributed by atoms with van der Waals surface area (Å²) in [4.78, 5) is 21.8. The van der Waals surface area contributed by atoms with Crippen LogP contribution >= 0.6 is 0 Å². The Morgan fingerprint density at radius 3 is 2.52 bits per heavy atom. The van der Waals surface area contributed by atoms with Crippen LogP contribution in [0.3, 0.4) is 0 Å². The second kappa shape index (κ2) is 5.40. The summed E-state index contributed by atoms with van der Waals surface area (Å²) in [6, 6.07) is 6.64. The van der Waals surface area contributed by atoms with E-state index in [2.05, 4.69) is 20.1 Å². The lowest BCUT2D eigenvalue weighted by molar-refractivity contribution is 0.0504. The van der Waals surface area contributed by atoms with Crippen molar-refractivity contribution in [2.24, 2.45) is 0 Å². The number of carbonyl (C=O) groups excluding carboxylic acids is 1. The first-order valence-electron chi connectivity index (χ1n) is 8.84. The molecule has 2 atom stereocenters. The van der Waals surface area contributed by atoms with Crippen LogP contribution < -0.4 is 0 Å². The van der Waals surface area contributed by atoms with E-state index in [9.17, 15) is 4.79 Å². The molecule has 2 aliphatic heterocycles. The molecule has 7 heteroatoms. The van der Waals surface area contributed by atoms with E-state index in [1.165, 1.54) is 0 Å². The lowest BCUT2D eigenvalue weighted by Gasteiger charge is -2.38. The Morgan fingerprint density at radius 2 is 1.80 bits per heavy atom. The molecule has 0 saturated carbocycles. The number of pyridine rings is 1. The fraction of sp³-hybridized carbons (Fsp3) is 0.444. The number of aryl methyl sites for hydroxylation is 1. The maximum Gasteiger partial charge on any atom is 0.273 e. The van der Waals surface area contributed by atoms with E-state index in [1.54, 1.807) is 12.4 Å². The van der Waals surface area contributed by atoms with Gasteiger partial charge in [0.15, 0.2) is 0 Å². The Bertz CT molecular complexity index is 916. The molecule has 5 rings (SSSR count). The highest BCUT2D eigenvalue weighted by Crippen LogP contribution is 2.41. The molecule has 25 heavy (non-hydrogen) atoms. The molecule has 2 unspecified atom stereocenters.